The van der Waals surface area contributed by atoms with E-state index in [-0.39, 0.29) is 23.6 Å². The quantitative estimate of drug-likeness (QED) is 0.679. The molecule has 110 valence electrons. The van der Waals surface area contributed by atoms with Crippen LogP contribution in [0.25, 0.3) is 0 Å². The first-order chi connectivity index (χ1) is 9.31. The Balaban J connectivity index is 2.13. The Morgan fingerprint density at radius 1 is 1.40 bits per heavy atom. The minimum Gasteiger partial charge on any atom is -0.309 e. The fourth-order valence-electron chi connectivity index (χ4n) is 2.79. The van der Waals surface area contributed by atoms with Gasteiger partial charge in [0, 0.05) is 30.3 Å². The van der Waals surface area contributed by atoms with E-state index in [2.05, 4.69) is 19.2 Å². The summed E-state index contributed by atoms with van der Waals surface area (Å²) in [6.07, 6.45) is 3.20. The molecule has 6 heteroatoms. The molecule has 0 heterocycles. The molecule has 4 nitrogen and oxygen atoms in total. The molecular weight excluding hydrogens is 266 g/mol. The highest BCUT2D eigenvalue weighted by atomic mass is 19.1. The van der Waals surface area contributed by atoms with E-state index in [0.717, 1.165) is 25.3 Å². The Bertz CT molecular complexity index is 532. The average molecular weight is 284 g/mol. The largest absolute Gasteiger partial charge is 0.309 e. The van der Waals surface area contributed by atoms with Crippen LogP contribution in [-0.2, 0) is 6.54 Å². The number of halogens is 2. The Morgan fingerprint density at radius 3 is 2.65 bits per heavy atom. The van der Waals surface area contributed by atoms with Gasteiger partial charge in [-0.3, -0.25) is 10.1 Å². The summed E-state index contributed by atoms with van der Waals surface area (Å²) in [6.45, 7) is 4.45. The number of benzene rings is 1. The van der Waals surface area contributed by atoms with Crippen LogP contribution in [0.5, 0.6) is 0 Å². The number of nitrogens with one attached hydrogen (secondary N) is 1. The summed E-state index contributed by atoms with van der Waals surface area (Å²) in [5, 5.41) is 13.9. The van der Waals surface area contributed by atoms with Gasteiger partial charge in [-0.2, -0.15) is 4.39 Å². The van der Waals surface area contributed by atoms with Crippen LogP contribution in [0.4, 0.5) is 14.5 Å². The van der Waals surface area contributed by atoms with E-state index >= 15 is 0 Å². The van der Waals surface area contributed by atoms with Crippen LogP contribution in [0.1, 0.15) is 38.7 Å². The van der Waals surface area contributed by atoms with Gasteiger partial charge < -0.3 is 5.32 Å². The standard InChI is InChI=1S/C14H18F2N2O2/c1-14(2)5-3-4-13(14)17-8-9-6-12(18(19)20)11(16)7-10(9)15/h6-7,13,17H,3-5,8H2,1-2H3. The molecule has 0 spiro atoms. The lowest BCUT2D eigenvalue weighted by atomic mass is 9.87. The van der Waals surface area contributed by atoms with Crippen molar-refractivity contribution >= 4 is 5.69 Å². The van der Waals surface area contributed by atoms with Gasteiger partial charge in [-0.15, -0.1) is 0 Å². The SMILES string of the molecule is CC1(C)CCCC1NCc1cc([N+](=O)[O-])c(F)cc1F. The average Bonchev–Trinajstić information content (AvgIpc) is 2.67. The first-order valence-electron chi connectivity index (χ1n) is 6.67. The molecule has 1 saturated carbocycles. The van der Waals surface area contributed by atoms with Crippen molar-refractivity contribution in [3.05, 3.63) is 39.4 Å². The second kappa shape index (κ2) is 5.44. The van der Waals surface area contributed by atoms with Crippen molar-refractivity contribution in [2.24, 2.45) is 5.41 Å². The minimum absolute atomic E-state index is 0.126. The Morgan fingerprint density at radius 2 is 2.10 bits per heavy atom. The van der Waals surface area contributed by atoms with Crippen molar-refractivity contribution in [3.8, 4) is 0 Å². The summed E-state index contributed by atoms with van der Waals surface area (Å²) in [5.74, 6) is -1.89. The fourth-order valence-corrected chi connectivity index (χ4v) is 2.79. The van der Waals surface area contributed by atoms with Gasteiger partial charge in [0.05, 0.1) is 4.92 Å². The molecule has 0 bridgehead atoms. The second-order valence-electron chi connectivity index (χ2n) is 5.97. The van der Waals surface area contributed by atoms with E-state index in [0.29, 0.717) is 6.07 Å². The summed E-state index contributed by atoms with van der Waals surface area (Å²) in [4.78, 5) is 9.84. The molecule has 1 aliphatic carbocycles. The van der Waals surface area contributed by atoms with Crippen molar-refractivity contribution in [2.75, 3.05) is 0 Å². The number of rotatable bonds is 4. The molecule has 1 aliphatic rings. The fraction of sp³-hybridized carbons (Fsp3) is 0.571. The highest BCUT2D eigenvalue weighted by Gasteiger charge is 2.34. The monoisotopic (exact) mass is 284 g/mol. The lowest BCUT2D eigenvalue weighted by molar-refractivity contribution is -0.387. The summed E-state index contributed by atoms with van der Waals surface area (Å²) in [5.41, 5.74) is -0.433. The molecule has 1 aromatic rings. The maximum absolute atomic E-state index is 13.7. The molecule has 0 aliphatic heterocycles. The molecule has 1 N–H and O–H groups in total. The number of hydrogen-bond donors (Lipinski definition) is 1. The van der Waals surface area contributed by atoms with Crippen molar-refractivity contribution in [2.45, 2.75) is 45.7 Å². The highest BCUT2D eigenvalue weighted by Crippen LogP contribution is 2.37. The van der Waals surface area contributed by atoms with E-state index in [1.54, 1.807) is 0 Å². The van der Waals surface area contributed by atoms with Crippen molar-refractivity contribution in [1.82, 2.24) is 5.32 Å². The summed E-state index contributed by atoms with van der Waals surface area (Å²) >= 11 is 0. The smallest absolute Gasteiger partial charge is 0.305 e. The van der Waals surface area contributed by atoms with Crippen LogP contribution in [0.2, 0.25) is 0 Å². The van der Waals surface area contributed by atoms with Crippen molar-refractivity contribution < 1.29 is 13.7 Å². The van der Waals surface area contributed by atoms with Gasteiger partial charge in [0.15, 0.2) is 0 Å². The molecular formula is C14H18F2N2O2. The van der Waals surface area contributed by atoms with Crippen LogP contribution in [-0.4, -0.2) is 11.0 Å². The van der Waals surface area contributed by atoms with Crippen LogP contribution in [0.3, 0.4) is 0 Å². The predicted molar refractivity (Wildman–Crippen MR) is 71.3 cm³/mol. The van der Waals surface area contributed by atoms with E-state index in [1.165, 1.54) is 0 Å². The van der Waals surface area contributed by atoms with E-state index in [1.807, 2.05) is 0 Å². The summed E-state index contributed by atoms with van der Waals surface area (Å²) in [6, 6.07) is 1.79. The molecule has 1 atom stereocenters. The van der Waals surface area contributed by atoms with E-state index in [9.17, 15) is 18.9 Å². The number of nitrogens with zero attached hydrogens (tertiary/aromatic N) is 1. The molecule has 0 aromatic heterocycles. The van der Waals surface area contributed by atoms with E-state index < -0.39 is 22.2 Å². The van der Waals surface area contributed by atoms with Crippen molar-refractivity contribution in [3.63, 3.8) is 0 Å². The predicted octanol–water partition coefficient (Wildman–Crippen LogP) is 3.54. The van der Waals surface area contributed by atoms with Gasteiger partial charge in [-0.25, -0.2) is 4.39 Å². The number of nitro groups is 1. The molecule has 20 heavy (non-hydrogen) atoms. The van der Waals surface area contributed by atoms with Crippen LogP contribution in [0.15, 0.2) is 12.1 Å². The Kier molecular flexibility index (Phi) is 4.04. The lowest BCUT2D eigenvalue weighted by Crippen LogP contribution is -2.37. The summed E-state index contributed by atoms with van der Waals surface area (Å²) < 4.78 is 26.9. The third-order valence-electron chi connectivity index (χ3n) is 4.11. The van der Waals surface area contributed by atoms with Crippen LogP contribution < -0.4 is 5.32 Å². The van der Waals surface area contributed by atoms with Gasteiger partial charge in [0.1, 0.15) is 5.82 Å². The zero-order valence-electron chi connectivity index (χ0n) is 11.6. The molecule has 1 unspecified atom stereocenters. The van der Waals surface area contributed by atoms with Gasteiger partial charge in [0.2, 0.25) is 5.82 Å². The first kappa shape index (κ1) is 14.8. The van der Waals surface area contributed by atoms with Crippen LogP contribution >= 0.6 is 0 Å². The van der Waals surface area contributed by atoms with E-state index in [4.69, 9.17) is 0 Å². The number of hydrogen-bond acceptors (Lipinski definition) is 3. The Hall–Kier alpha value is -1.56. The third kappa shape index (κ3) is 2.95. The normalized spacial score (nSPS) is 21.1. The summed E-state index contributed by atoms with van der Waals surface area (Å²) in [7, 11) is 0. The van der Waals surface area contributed by atoms with Gasteiger partial charge in [-0.05, 0) is 18.3 Å². The zero-order chi connectivity index (χ0) is 14.9. The molecule has 1 fully saturated rings. The first-order valence-corrected chi connectivity index (χ1v) is 6.67. The second-order valence-corrected chi connectivity index (χ2v) is 5.97. The van der Waals surface area contributed by atoms with Gasteiger partial charge in [-0.1, -0.05) is 20.3 Å². The minimum atomic E-state index is -1.14. The number of nitro benzene ring substituents is 1. The topological polar surface area (TPSA) is 55.2 Å². The molecule has 1 aromatic carbocycles. The van der Waals surface area contributed by atoms with Crippen LogP contribution in [0, 0.1) is 27.2 Å². The van der Waals surface area contributed by atoms with Crippen molar-refractivity contribution in [1.29, 1.82) is 0 Å². The zero-order valence-corrected chi connectivity index (χ0v) is 11.6. The maximum atomic E-state index is 13.7. The molecule has 0 saturated heterocycles. The molecule has 2 rings (SSSR count). The highest BCUT2D eigenvalue weighted by molar-refractivity contribution is 5.37. The van der Waals surface area contributed by atoms with Gasteiger partial charge in [0.25, 0.3) is 0 Å². The third-order valence-corrected chi connectivity index (χ3v) is 4.11. The molecule has 0 radical (unpaired) electrons. The lowest BCUT2D eigenvalue weighted by Gasteiger charge is -2.28. The van der Waals surface area contributed by atoms with Gasteiger partial charge >= 0.3 is 5.69 Å². The Labute approximate surface area is 116 Å². The maximum Gasteiger partial charge on any atom is 0.305 e. The molecule has 0 amide bonds.